The molecule has 0 aromatic heterocycles. The monoisotopic (exact) mass is 348 g/mol. The van der Waals surface area contributed by atoms with E-state index in [2.05, 4.69) is 0 Å². The van der Waals surface area contributed by atoms with Crippen molar-refractivity contribution in [2.24, 2.45) is 0 Å². The highest BCUT2D eigenvalue weighted by atomic mass is 32.2. The summed E-state index contributed by atoms with van der Waals surface area (Å²) in [4.78, 5) is -0.0194. The Balaban J connectivity index is 2.07. The van der Waals surface area contributed by atoms with Gasteiger partial charge in [-0.2, -0.15) is 8.42 Å². The van der Waals surface area contributed by atoms with Gasteiger partial charge in [0.2, 0.25) is 0 Å². The van der Waals surface area contributed by atoms with Gasteiger partial charge < -0.3 is 24.8 Å². The second-order valence-corrected chi connectivity index (χ2v) is 6.91. The molecule has 1 aliphatic heterocycles. The molecule has 1 aliphatic rings. The van der Waals surface area contributed by atoms with Crippen molar-refractivity contribution in [3.05, 3.63) is 29.8 Å². The van der Waals surface area contributed by atoms with Crippen LogP contribution in [0, 0.1) is 6.92 Å². The average Bonchev–Trinajstić information content (AvgIpc) is 2.51. The van der Waals surface area contributed by atoms with Gasteiger partial charge in [-0.3, -0.25) is 4.18 Å². The van der Waals surface area contributed by atoms with Gasteiger partial charge in [-0.15, -0.1) is 0 Å². The van der Waals surface area contributed by atoms with E-state index < -0.39 is 47.4 Å². The topological polar surface area (TPSA) is 123 Å². The fourth-order valence-electron chi connectivity index (χ4n) is 2.27. The van der Waals surface area contributed by atoms with E-state index in [9.17, 15) is 23.7 Å². The van der Waals surface area contributed by atoms with E-state index in [1.165, 1.54) is 19.2 Å². The zero-order valence-electron chi connectivity index (χ0n) is 12.7. The van der Waals surface area contributed by atoms with Crippen molar-refractivity contribution >= 4 is 10.1 Å². The van der Waals surface area contributed by atoms with Crippen LogP contribution in [0.1, 0.15) is 5.56 Å². The lowest BCUT2D eigenvalue weighted by Crippen LogP contribution is -2.59. The van der Waals surface area contributed by atoms with Crippen molar-refractivity contribution in [3.63, 3.8) is 0 Å². The van der Waals surface area contributed by atoms with Crippen molar-refractivity contribution < 1.29 is 37.4 Å². The van der Waals surface area contributed by atoms with Crippen molar-refractivity contribution in [2.45, 2.75) is 42.5 Å². The van der Waals surface area contributed by atoms with Crippen LogP contribution in [0.3, 0.4) is 0 Å². The Morgan fingerprint density at radius 2 is 1.74 bits per heavy atom. The minimum atomic E-state index is -4.02. The predicted molar refractivity (Wildman–Crippen MR) is 78.0 cm³/mol. The highest BCUT2D eigenvalue weighted by Gasteiger charge is 2.44. The molecule has 0 radical (unpaired) electrons. The minimum absolute atomic E-state index is 0.0194. The quantitative estimate of drug-likeness (QED) is 0.589. The molecular formula is C14H20O8S. The molecule has 0 spiro atoms. The third-order valence-corrected chi connectivity index (χ3v) is 4.92. The van der Waals surface area contributed by atoms with Gasteiger partial charge in [-0.05, 0) is 19.1 Å². The standard InChI is InChI=1S/C14H20O8S/c1-8-3-5-9(6-4-8)23(18,19)21-7-10-13(20-2)11(15)12(16)14(17)22-10/h3-6,10-17H,7H2,1-2H3/t10-,11-,12-,13+,14-/m0/s1. The molecule has 23 heavy (non-hydrogen) atoms. The van der Waals surface area contributed by atoms with E-state index in [0.29, 0.717) is 0 Å². The van der Waals surface area contributed by atoms with Crippen molar-refractivity contribution in [1.82, 2.24) is 0 Å². The van der Waals surface area contributed by atoms with Crippen LogP contribution in [-0.2, 0) is 23.8 Å². The number of aliphatic hydroxyl groups is 3. The lowest BCUT2D eigenvalue weighted by Gasteiger charge is -2.39. The van der Waals surface area contributed by atoms with Gasteiger partial charge in [0, 0.05) is 7.11 Å². The van der Waals surface area contributed by atoms with E-state index in [1.54, 1.807) is 12.1 Å². The summed E-state index contributed by atoms with van der Waals surface area (Å²) in [6, 6.07) is 6.09. The van der Waals surface area contributed by atoms with Crippen LogP contribution in [0.15, 0.2) is 29.2 Å². The Kier molecular flexibility index (Phi) is 5.74. The molecule has 130 valence electrons. The number of aliphatic hydroxyl groups excluding tert-OH is 3. The summed E-state index contributed by atoms with van der Waals surface area (Å²) in [5, 5.41) is 28.9. The number of benzene rings is 1. The lowest BCUT2D eigenvalue weighted by atomic mass is 9.99. The van der Waals surface area contributed by atoms with Gasteiger partial charge >= 0.3 is 0 Å². The maximum absolute atomic E-state index is 12.1. The summed E-state index contributed by atoms with van der Waals surface area (Å²) in [5.41, 5.74) is 0.902. The normalized spacial score (nSPS) is 32.0. The van der Waals surface area contributed by atoms with E-state index in [0.717, 1.165) is 5.56 Å². The molecule has 9 heteroatoms. The SMILES string of the molecule is CO[C@H]1[C@@H](O)[C@H](O)[C@@H](O)O[C@H]1COS(=O)(=O)c1ccc(C)cc1. The first-order chi connectivity index (χ1) is 10.8. The molecule has 8 nitrogen and oxygen atoms in total. The molecule has 1 fully saturated rings. The molecule has 1 saturated heterocycles. The van der Waals surface area contributed by atoms with Gasteiger partial charge in [-0.1, -0.05) is 17.7 Å². The number of ether oxygens (including phenoxy) is 2. The van der Waals surface area contributed by atoms with Crippen LogP contribution >= 0.6 is 0 Å². The first kappa shape index (κ1) is 18.3. The largest absolute Gasteiger partial charge is 0.387 e. The Labute approximate surface area is 134 Å². The molecule has 2 rings (SSSR count). The van der Waals surface area contributed by atoms with E-state index >= 15 is 0 Å². The summed E-state index contributed by atoms with van der Waals surface area (Å²) in [5.74, 6) is 0. The smallest absolute Gasteiger partial charge is 0.297 e. The fraction of sp³-hybridized carbons (Fsp3) is 0.571. The van der Waals surface area contributed by atoms with Crippen LogP contribution < -0.4 is 0 Å². The molecule has 5 atom stereocenters. The van der Waals surface area contributed by atoms with Gasteiger partial charge in [-0.25, -0.2) is 0 Å². The van der Waals surface area contributed by atoms with Gasteiger partial charge in [0.15, 0.2) is 6.29 Å². The molecule has 1 aromatic carbocycles. The maximum Gasteiger partial charge on any atom is 0.297 e. The van der Waals surface area contributed by atoms with E-state index in [-0.39, 0.29) is 4.90 Å². The van der Waals surface area contributed by atoms with Crippen LogP contribution in [0.5, 0.6) is 0 Å². The molecule has 0 bridgehead atoms. The first-order valence-electron chi connectivity index (χ1n) is 6.95. The number of aryl methyl sites for hydroxylation is 1. The highest BCUT2D eigenvalue weighted by Crippen LogP contribution is 2.23. The molecule has 0 unspecified atom stereocenters. The second kappa shape index (κ2) is 7.22. The molecule has 0 amide bonds. The summed E-state index contributed by atoms with van der Waals surface area (Å²) in [6.07, 6.45) is -6.74. The molecule has 0 saturated carbocycles. The predicted octanol–water partition coefficient (Wildman–Crippen LogP) is -0.846. The molecule has 1 heterocycles. The second-order valence-electron chi connectivity index (χ2n) is 5.30. The van der Waals surface area contributed by atoms with Crippen LogP contribution in [0.4, 0.5) is 0 Å². The average molecular weight is 348 g/mol. The van der Waals surface area contributed by atoms with Crippen LogP contribution in [0.25, 0.3) is 0 Å². The van der Waals surface area contributed by atoms with Crippen LogP contribution in [0.2, 0.25) is 0 Å². The van der Waals surface area contributed by atoms with Gasteiger partial charge in [0.25, 0.3) is 10.1 Å². The van der Waals surface area contributed by atoms with Crippen molar-refractivity contribution in [3.8, 4) is 0 Å². The Bertz CT molecular complexity index is 614. The number of hydrogen-bond acceptors (Lipinski definition) is 8. The Morgan fingerprint density at radius 1 is 1.13 bits per heavy atom. The summed E-state index contributed by atoms with van der Waals surface area (Å²) in [6.45, 7) is 1.35. The zero-order valence-corrected chi connectivity index (χ0v) is 13.5. The Hall–Kier alpha value is -1.07. The molecule has 1 aromatic rings. The van der Waals surface area contributed by atoms with E-state index in [1.807, 2.05) is 6.92 Å². The van der Waals surface area contributed by atoms with Crippen LogP contribution in [-0.4, -0.2) is 68.2 Å². The first-order valence-corrected chi connectivity index (χ1v) is 8.35. The third kappa shape index (κ3) is 4.07. The highest BCUT2D eigenvalue weighted by molar-refractivity contribution is 7.86. The van der Waals surface area contributed by atoms with E-state index in [4.69, 9.17) is 13.7 Å². The summed E-state index contributed by atoms with van der Waals surface area (Å²) in [7, 11) is -2.75. The maximum atomic E-state index is 12.1. The molecular weight excluding hydrogens is 328 g/mol. The minimum Gasteiger partial charge on any atom is -0.387 e. The van der Waals surface area contributed by atoms with Crippen molar-refractivity contribution in [1.29, 1.82) is 0 Å². The summed E-state index contributed by atoms with van der Waals surface area (Å²) < 4.78 is 39.2. The fourth-order valence-corrected chi connectivity index (χ4v) is 3.19. The Morgan fingerprint density at radius 3 is 2.30 bits per heavy atom. The third-order valence-electron chi connectivity index (χ3n) is 3.63. The van der Waals surface area contributed by atoms with Gasteiger partial charge in [0.1, 0.15) is 24.4 Å². The number of methoxy groups -OCH3 is 1. The molecule has 3 N–H and O–H groups in total. The van der Waals surface area contributed by atoms with Gasteiger partial charge in [0.05, 0.1) is 11.5 Å². The lowest BCUT2D eigenvalue weighted by molar-refractivity contribution is -0.289. The zero-order chi connectivity index (χ0) is 17.2. The number of hydrogen-bond donors (Lipinski definition) is 3. The van der Waals surface area contributed by atoms with Crippen molar-refractivity contribution in [2.75, 3.05) is 13.7 Å². The molecule has 0 aliphatic carbocycles. The number of rotatable bonds is 5. The summed E-state index contributed by atoms with van der Waals surface area (Å²) >= 11 is 0.